The highest BCUT2D eigenvalue weighted by Gasteiger charge is 2.39. The zero-order valence-corrected chi connectivity index (χ0v) is 64.4. The van der Waals surface area contributed by atoms with Gasteiger partial charge in [-0.2, -0.15) is 12.6 Å². The summed E-state index contributed by atoms with van der Waals surface area (Å²) >= 11 is 4.28. The van der Waals surface area contributed by atoms with Crippen LogP contribution in [-0.2, 0) is 78.3 Å². The third-order valence-electron chi connectivity index (χ3n) is 17.3. The molecule has 14 atom stereocenters. The summed E-state index contributed by atoms with van der Waals surface area (Å²) in [4.78, 5) is 221. The molecule has 14 amide bonds. The maximum atomic E-state index is 14.5. The molecule has 2 aromatic rings. The minimum absolute atomic E-state index is 0.00320. The van der Waals surface area contributed by atoms with Crippen LogP contribution < -0.4 is 115 Å². The van der Waals surface area contributed by atoms with Crippen LogP contribution in [0.1, 0.15) is 138 Å². The number of primary amides is 2. The Morgan fingerprint density at radius 3 is 1.34 bits per heavy atom. The fraction of sp³-hybridized carbons (Fsp3) is 0.618. The van der Waals surface area contributed by atoms with Crippen LogP contribution in [0.3, 0.4) is 0 Å². The number of nitrogens with two attached hydrogens (primary N) is 8. The highest BCUT2D eigenvalue weighted by Crippen LogP contribution is 2.20. The maximum Gasteiger partial charge on any atom is 0.305 e. The predicted molar refractivity (Wildman–Crippen MR) is 412 cm³/mol. The van der Waals surface area contributed by atoms with Gasteiger partial charge >= 0.3 is 5.97 Å². The zero-order valence-electron chi connectivity index (χ0n) is 63.5. The first-order chi connectivity index (χ1) is 52.2. The molecule has 1 fully saturated rings. The third kappa shape index (κ3) is 34.6. The highest BCUT2D eigenvalue weighted by molar-refractivity contribution is 7.80. The number of aliphatic imine (C=N–C) groups is 3. The topological polar surface area (TPSA) is 714 Å². The second-order valence-electron chi connectivity index (χ2n) is 27.7. The fourth-order valence-electron chi connectivity index (χ4n) is 11.4. The first-order valence-corrected chi connectivity index (χ1v) is 37.0. The average molecular weight is 1580 g/mol. The molecule has 0 radical (unpaired) electrons. The van der Waals surface area contributed by atoms with Crippen molar-refractivity contribution in [2.45, 2.75) is 223 Å². The Labute approximate surface area is 647 Å². The number of hydrogen-bond acceptors (Lipinski definition) is 21. The van der Waals surface area contributed by atoms with Crippen molar-refractivity contribution in [1.29, 1.82) is 0 Å². The van der Waals surface area contributed by atoms with E-state index in [2.05, 4.69) is 102 Å². The number of carbonyl (C=O) groups is 15. The number of benzene rings is 1. The van der Waals surface area contributed by atoms with Crippen molar-refractivity contribution in [2.75, 3.05) is 31.9 Å². The molecule has 0 bridgehead atoms. The second-order valence-corrected chi connectivity index (χ2v) is 28.1. The number of aliphatic hydroxyl groups excluding tert-OH is 1. The number of rotatable bonds is 50. The molecule has 0 saturated carbocycles. The lowest BCUT2D eigenvalue weighted by Crippen LogP contribution is -2.62. The molecule has 42 nitrogen and oxygen atoms in total. The van der Waals surface area contributed by atoms with E-state index in [1.165, 1.54) is 13.8 Å². The van der Waals surface area contributed by atoms with Gasteiger partial charge in [0.25, 0.3) is 0 Å². The summed E-state index contributed by atoms with van der Waals surface area (Å²) < 4.78 is 0. The summed E-state index contributed by atoms with van der Waals surface area (Å²) in [7, 11) is 0. The van der Waals surface area contributed by atoms with Gasteiger partial charge in [0.15, 0.2) is 17.9 Å². The lowest BCUT2D eigenvalue weighted by atomic mass is 10.0. The summed E-state index contributed by atoms with van der Waals surface area (Å²) in [5, 5.41) is 54.7. The first kappa shape index (κ1) is 94.1. The number of guanidine groups is 3. The van der Waals surface area contributed by atoms with Gasteiger partial charge in [0.1, 0.15) is 72.5 Å². The minimum atomic E-state index is -2.11. The smallest absolute Gasteiger partial charge is 0.305 e. The normalized spacial score (nSPS) is 16.0. The number of fused-ring (bicyclic) bond motifs is 1. The van der Waals surface area contributed by atoms with Crippen LogP contribution in [0.15, 0.2) is 45.4 Å². The van der Waals surface area contributed by atoms with Gasteiger partial charge < -0.3 is 130 Å². The number of aromatic amines is 1. The largest absolute Gasteiger partial charge is 0.481 e. The van der Waals surface area contributed by atoms with Gasteiger partial charge in [0, 0.05) is 55.3 Å². The van der Waals surface area contributed by atoms with Gasteiger partial charge in [-0.15, -0.1) is 0 Å². The number of hydrogen-bond donors (Lipinski definition) is 25. The van der Waals surface area contributed by atoms with Crippen LogP contribution in [0, 0.1) is 11.8 Å². The Bertz CT molecular complexity index is 3630. The van der Waals surface area contributed by atoms with Crippen LogP contribution in [0.2, 0.25) is 0 Å². The second kappa shape index (κ2) is 47.7. The predicted octanol–water partition coefficient (Wildman–Crippen LogP) is -7.89. The molecule has 1 aromatic carbocycles. The van der Waals surface area contributed by atoms with Gasteiger partial charge in [-0.1, -0.05) is 45.9 Å². The van der Waals surface area contributed by atoms with Crippen molar-refractivity contribution >= 4 is 130 Å². The monoisotopic (exact) mass is 1580 g/mol. The Morgan fingerprint density at radius 2 is 0.892 bits per heavy atom. The van der Waals surface area contributed by atoms with E-state index in [1.807, 2.05) is 13.8 Å². The van der Waals surface area contributed by atoms with Crippen LogP contribution in [-0.4, -0.2) is 238 Å². The summed E-state index contributed by atoms with van der Waals surface area (Å²) in [6.07, 6.45) is -1.94. The maximum absolute atomic E-state index is 14.5. The number of carbonyl (C=O) groups excluding carboxylic acids is 14. The number of aliphatic carboxylic acids is 1. The molecular formula is C68H113N25O17S. The van der Waals surface area contributed by atoms with Crippen LogP contribution in [0.5, 0.6) is 0 Å². The number of nitrogens with one attached hydrogen (secondary N) is 14. The number of aliphatic hydroxyl groups is 1. The van der Waals surface area contributed by atoms with E-state index in [-0.39, 0.29) is 113 Å². The highest BCUT2D eigenvalue weighted by atomic mass is 32.1. The van der Waals surface area contributed by atoms with Crippen LogP contribution in [0.4, 0.5) is 0 Å². The van der Waals surface area contributed by atoms with Gasteiger partial charge in [-0.05, 0) is 121 Å². The minimum Gasteiger partial charge on any atom is -0.481 e. The van der Waals surface area contributed by atoms with Gasteiger partial charge in [-0.3, -0.25) is 86.9 Å². The Hall–Kier alpha value is -11.1. The van der Waals surface area contributed by atoms with E-state index >= 15 is 0 Å². The molecule has 1 aliphatic rings. The number of para-hydroxylation sites is 1. The quantitative estimate of drug-likeness (QED) is 0.0127. The summed E-state index contributed by atoms with van der Waals surface area (Å²) in [6.45, 7) is 11.2. The van der Waals surface area contributed by atoms with Gasteiger partial charge in [0.2, 0.25) is 82.7 Å². The average Bonchev–Trinajstić information content (AvgIpc) is 1.72. The molecule has 1 aliphatic heterocycles. The molecule has 111 heavy (non-hydrogen) atoms. The lowest BCUT2D eigenvalue weighted by Gasteiger charge is -2.28. The van der Waals surface area contributed by atoms with E-state index in [0.29, 0.717) is 29.4 Å². The molecule has 2 heterocycles. The van der Waals surface area contributed by atoms with Gasteiger partial charge in [0.05, 0.1) is 18.6 Å². The van der Waals surface area contributed by atoms with Crippen molar-refractivity contribution in [1.82, 2.24) is 74.1 Å². The van der Waals surface area contributed by atoms with Crippen molar-refractivity contribution in [2.24, 2.45) is 72.7 Å². The Kier molecular flexibility index (Phi) is 40.5. The number of aromatic nitrogens is 1. The van der Waals surface area contributed by atoms with E-state index in [9.17, 15) is 82.1 Å². The Morgan fingerprint density at radius 1 is 0.486 bits per heavy atom. The molecule has 0 aliphatic carbocycles. The molecule has 32 N–H and O–H groups in total. The van der Waals surface area contributed by atoms with Crippen molar-refractivity contribution in [3.8, 4) is 0 Å². The third-order valence-corrected chi connectivity index (χ3v) is 17.6. The van der Waals surface area contributed by atoms with E-state index in [0.717, 1.165) is 13.3 Å². The number of carboxylic acid groups (broad SMARTS) is 1. The van der Waals surface area contributed by atoms with Gasteiger partial charge in [-0.25, -0.2) is 0 Å². The first-order valence-electron chi connectivity index (χ1n) is 36.4. The van der Waals surface area contributed by atoms with E-state index in [1.54, 1.807) is 44.3 Å². The summed E-state index contributed by atoms with van der Waals surface area (Å²) in [5.41, 5.74) is 45.4. The molecule has 1 saturated heterocycles. The molecular weight excluding hydrogens is 1470 g/mol. The Balaban J connectivity index is 1.94. The van der Waals surface area contributed by atoms with Crippen LogP contribution in [0.25, 0.3) is 10.9 Å². The van der Waals surface area contributed by atoms with Crippen molar-refractivity contribution in [3.05, 3.63) is 36.0 Å². The van der Waals surface area contributed by atoms with Crippen LogP contribution >= 0.6 is 12.6 Å². The number of amides is 14. The number of thiol groups is 1. The zero-order chi connectivity index (χ0) is 83.4. The van der Waals surface area contributed by atoms with Crippen molar-refractivity contribution in [3.63, 3.8) is 0 Å². The molecule has 43 heteroatoms. The number of carboxylic acids is 1. The van der Waals surface area contributed by atoms with E-state index < -0.39 is 192 Å². The molecule has 14 unspecified atom stereocenters. The number of H-pyrrole nitrogens is 1. The van der Waals surface area contributed by atoms with Crippen molar-refractivity contribution < 1.29 is 82.1 Å². The fourth-order valence-corrected chi connectivity index (χ4v) is 11.6. The number of nitrogens with zero attached hydrogens (tertiary/aromatic N) is 3. The summed E-state index contributed by atoms with van der Waals surface area (Å²) in [5.74, 6) is -17.1. The van der Waals surface area contributed by atoms with E-state index in [4.69, 9.17) is 45.9 Å². The molecule has 1 aromatic heterocycles. The molecule has 3 rings (SSSR count). The SMILES string of the molecule is CC(C)CC(NC(=O)C(C)NC(=O)C(CC(C)C)NC(=O)C1CCCN1)C(=O)NC(CCC(N)=O)C(=O)NC(CCCN=C(N)N)C(=O)NC(CS)C(=O)NC(CCCN=C(N)N)C(=O)NC(CC(=O)O)C(=O)NC(C(=O)NC(CCCN=C(N)N)C(=O)NC(Cc1c[nH]c2ccccc12)C(=O)NC(C)C(N)=O)C(C)O. The standard InChI is InChI=1S/C68H113N25O17S/c1-32(2)26-45(89-55(100)40-16-10-22-77-40)60(105)83-35(6)54(99)88-46(27-33(3)4)62(107)86-44(20-21-50(69)95)59(104)84-42(18-12-24-79-67(73)74)58(103)92-49(31-111)64(109)85-41(17-11-23-78-66(71)72)56(101)91-48(29-51(96)97)63(108)93-52(36(7)94)65(110)87-43(19-13-25-80-68(75)76)57(102)90-47(61(106)82-34(5)53(70)98)28-37-30-81-39-15-9-8-14-38(37)39/h8-9,14-15,30,32-36,40-49,52,77,81,94,111H,10-13,16-29,31H2,1-7H3,(H2,69,95)(H2,70,98)(H,82,106)(H,83,105)(H,84,104)(H,85,109)(H,86,107)(H,87,110)(H,88,99)(H,89,100)(H,90,102)(H,91,101)(H,92,103)(H,93,108)(H,96,97)(H4,71,72,78)(H4,73,74,79)(H4,75,76,80). The molecule has 618 valence electrons. The lowest BCUT2D eigenvalue weighted by molar-refractivity contribution is -0.142. The summed E-state index contributed by atoms with van der Waals surface area (Å²) in [6, 6.07) is -12.1. The molecule has 0 spiro atoms.